The third kappa shape index (κ3) is 2.84. The first kappa shape index (κ1) is 19.1. The van der Waals surface area contributed by atoms with E-state index in [1.54, 1.807) is 18.2 Å². The SMILES string of the molecule is C[Si]1(C)C2=CC(=O)C=CC2=Nc2ccc(O)c(-c3[se]c(I)c(Br)c3Br)c21. The van der Waals surface area contributed by atoms with Gasteiger partial charge in [-0.25, -0.2) is 0 Å². The number of hydrogen-bond donors (Lipinski definition) is 1. The van der Waals surface area contributed by atoms with Crippen LogP contribution < -0.4 is 5.19 Å². The molecular formula is C18H12Br2INO2SeSi. The fourth-order valence-corrected chi connectivity index (χ4v) is 12.5. The monoisotopic (exact) mass is 667 g/mol. The van der Waals surface area contributed by atoms with Crippen molar-refractivity contribution in [1.29, 1.82) is 0 Å². The van der Waals surface area contributed by atoms with Gasteiger partial charge in [-0.05, 0) is 0 Å². The van der Waals surface area contributed by atoms with Crippen LogP contribution in [0.15, 0.2) is 49.5 Å². The first-order chi connectivity index (χ1) is 12.2. The number of fused-ring (bicyclic) bond motifs is 2. The Labute approximate surface area is 188 Å². The van der Waals surface area contributed by atoms with E-state index in [-0.39, 0.29) is 26.0 Å². The number of hydrogen-bond acceptors (Lipinski definition) is 3. The molecule has 1 aliphatic carbocycles. The van der Waals surface area contributed by atoms with Gasteiger partial charge in [-0.1, -0.05) is 0 Å². The Bertz CT molecular complexity index is 1090. The third-order valence-electron chi connectivity index (χ3n) is 4.65. The van der Waals surface area contributed by atoms with Crippen molar-refractivity contribution in [3.63, 3.8) is 0 Å². The van der Waals surface area contributed by atoms with Gasteiger partial charge in [-0.2, -0.15) is 0 Å². The summed E-state index contributed by atoms with van der Waals surface area (Å²) >= 11 is 9.80. The minimum absolute atomic E-state index is 0.00844. The number of phenols is 1. The van der Waals surface area contributed by atoms with E-state index < -0.39 is 8.07 Å². The summed E-state index contributed by atoms with van der Waals surface area (Å²) in [6, 6.07) is 3.62. The van der Waals surface area contributed by atoms with Crippen LogP contribution in [0.2, 0.25) is 13.1 Å². The van der Waals surface area contributed by atoms with E-state index >= 15 is 0 Å². The molecule has 0 bridgehead atoms. The molecule has 3 nitrogen and oxygen atoms in total. The Kier molecular flexibility index (Phi) is 4.89. The van der Waals surface area contributed by atoms with Crippen LogP contribution in [0.3, 0.4) is 0 Å². The van der Waals surface area contributed by atoms with Crippen molar-refractivity contribution < 1.29 is 9.90 Å². The van der Waals surface area contributed by atoms with E-state index in [1.165, 1.54) is 2.44 Å². The van der Waals surface area contributed by atoms with Gasteiger partial charge in [-0.3, -0.25) is 0 Å². The second kappa shape index (κ2) is 6.67. The van der Waals surface area contributed by atoms with Crippen molar-refractivity contribution >= 4 is 99.4 Å². The summed E-state index contributed by atoms with van der Waals surface area (Å²) in [4.78, 5) is 16.8. The van der Waals surface area contributed by atoms with E-state index in [0.29, 0.717) is 0 Å². The fraction of sp³-hybridized carbons (Fsp3) is 0.111. The summed E-state index contributed by atoms with van der Waals surface area (Å²) in [5.41, 5.74) is 2.67. The van der Waals surface area contributed by atoms with Crippen molar-refractivity contribution in [2.24, 2.45) is 4.99 Å². The number of aromatic hydroxyl groups is 1. The number of rotatable bonds is 1. The van der Waals surface area contributed by atoms with Gasteiger partial charge in [0.15, 0.2) is 0 Å². The van der Waals surface area contributed by atoms with Gasteiger partial charge in [0.05, 0.1) is 0 Å². The molecule has 0 saturated heterocycles. The Balaban J connectivity index is 2.09. The number of carbonyl (C=O) groups is 1. The zero-order chi connectivity index (χ0) is 18.8. The number of allylic oxidation sites excluding steroid dienone is 4. The van der Waals surface area contributed by atoms with Crippen LogP contribution in [-0.4, -0.2) is 39.2 Å². The van der Waals surface area contributed by atoms with Gasteiger partial charge in [0.1, 0.15) is 0 Å². The molecule has 2 heterocycles. The van der Waals surface area contributed by atoms with E-state index in [9.17, 15) is 9.90 Å². The van der Waals surface area contributed by atoms with Crippen molar-refractivity contribution in [2.75, 3.05) is 0 Å². The number of nitrogens with zero attached hydrogens (tertiary/aromatic N) is 1. The van der Waals surface area contributed by atoms with Gasteiger partial charge in [0.25, 0.3) is 0 Å². The molecule has 1 aromatic carbocycles. The molecule has 132 valence electrons. The summed E-state index contributed by atoms with van der Waals surface area (Å²) in [5.74, 6) is 0.288. The van der Waals surface area contributed by atoms with Crippen LogP contribution in [0, 0.1) is 2.44 Å². The summed E-state index contributed by atoms with van der Waals surface area (Å²) in [7, 11) is -2.22. The minimum atomic E-state index is -2.22. The zero-order valence-corrected chi connectivity index (χ0v) is 21.8. The van der Waals surface area contributed by atoms with Crippen LogP contribution in [0.1, 0.15) is 0 Å². The van der Waals surface area contributed by atoms with Crippen molar-refractivity contribution in [3.05, 3.63) is 46.9 Å². The molecule has 0 amide bonds. The maximum absolute atomic E-state index is 12.0. The zero-order valence-electron chi connectivity index (χ0n) is 13.7. The van der Waals surface area contributed by atoms with Gasteiger partial charge < -0.3 is 0 Å². The number of ketones is 1. The van der Waals surface area contributed by atoms with Crippen LogP contribution in [0.4, 0.5) is 5.69 Å². The van der Waals surface area contributed by atoms with Crippen LogP contribution in [0.25, 0.3) is 10.0 Å². The number of halogens is 3. The number of benzene rings is 1. The molecule has 1 N–H and O–H groups in total. The Morgan fingerprint density at radius 3 is 2.58 bits per heavy atom. The number of aliphatic imine (C=N–C) groups is 1. The molecule has 1 aliphatic heterocycles. The van der Waals surface area contributed by atoms with Gasteiger partial charge in [0, 0.05) is 0 Å². The van der Waals surface area contributed by atoms with Gasteiger partial charge >= 0.3 is 190 Å². The summed E-state index contributed by atoms with van der Waals surface area (Å²) < 4.78 is 4.43. The molecule has 8 heteroatoms. The molecule has 0 unspecified atom stereocenters. The van der Waals surface area contributed by atoms with Crippen LogP contribution in [-0.2, 0) is 4.79 Å². The molecule has 0 spiro atoms. The van der Waals surface area contributed by atoms with E-state index in [1.807, 2.05) is 12.1 Å². The predicted molar refractivity (Wildman–Crippen MR) is 125 cm³/mol. The Hall–Kier alpha value is -0.254. The van der Waals surface area contributed by atoms with Crippen molar-refractivity contribution in [1.82, 2.24) is 0 Å². The third-order valence-corrected chi connectivity index (χ3v) is 16.0. The average Bonchev–Trinajstić information content (AvgIpc) is 2.84. The Morgan fingerprint density at radius 2 is 1.92 bits per heavy atom. The van der Waals surface area contributed by atoms with Crippen molar-refractivity contribution in [3.8, 4) is 15.8 Å². The first-order valence-corrected chi connectivity index (χ1v) is 15.1. The second-order valence-electron chi connectivity index (χ2n) is 6.60. The average molecular weight is 668 g/mol. The number of phenolic OH excluding ortho intramolecular Hbond substituents is 1. The normalized spacial score (nSPS) is 17.5. The molecule has 0 saturated carbocycles. The molecule has 2 aromatic rings. The summed E-state index contributed by atoms with van der Waals surface area (Å²) in [6.07, 6.45) is 5.11. The van der Waals surface area contributed by atoms with Gasteiger partial charge in [-0.15, -0.1) is 0 Å². The van der Waals surface area contributed by atoms with Crippen LogP contribution >= 0.6 is 54.5 Å². The number of carbonyl (C=O) groups excluding carboxylic acids is 1. The Morgan fingerprint density at radius 1 is 1.19 bits per heavy atom. The second-order valence-corrected chi connectivity index (χ2v) is 17.3. The van der Waals surface area contributed by atoms with E-state index in [0.717, 1.165) is 40.7 Å². The van der Waals surface area contributed by atoms with E-state index in [4.69, 9.17) is 4.99 Å². The summed E-state index contributed by atoms with van der Waals surface area (Å²) in [5, 5.41) is 12.9. The molecule has 26 heavy (non-hydrogen) atoms. The predicted octanol–water partition coefficient (Wildman–Crippen LogP) is 4.85. The molecule has 2 aliphatic rings. The molecule has 0 fully saturated rings. The fourth-order valence-electron chi connectivity index (χ4n) is 3.44. The van der Waals surface area contributed by atoms with E-state index in [2.05, 4.69) is 67.5 Å². The molecule has 0 radical (unpaired) electrons. The van der Waals surface area contributed by atoms with Crippen molar-refractivity contribution in [2.45, 2.75) is 13.1 Å². The summed E-state index contributed by atoms with van der Waals surface area (Å²) in [6.45, 7) is 4.46. The molecule has 1 aromatic heterocycles. The first-order valence-electron chi connectivity index (χ1n) is 7.75. The molecule has 4 rings (SSSR count). The topological polar surface area (TPSA) is 49.7 Å². The quantitative estimate of drug-likeness (QED) is 0.269. The van der Waals surface area contributed by atoms with Crippen LogP contribution in [0.5, 0.6) is 5.75 Å². The molecule has 0 atom stereocenters. The maximum atomic E-state index is 12.0. The van der Waals surface area contributed by atoms with Gasteiger partial charge in [0.2, 0.25) is 0 Å². The molecular weight excluding hydrogens is 656 g/mol. The standard InChI is InChI=1S/C18H12Br2INO2SeSi/c1-26(2)12-7-8(23)3-4-9(12)22-10-5-6-11(24)13(17(10)26)16-14(19)15(20)18(21)25-16/h3-7,24H,1-2H3.